The monoisotopic (exact) mass is 353 g/mol. The van der Waals surface area contributed by atoms with Crippen LogP contribution >= 0.6 is 27.7 Å². The van der Waals surface area contributed by atoms with Crippen LogP contribution in [0.1, 0.15) is 25.5 Å². The van der Waals surface area contributed by atoms with E-state index in [-0.39, 0.29) is 5.82 Å². The SMILES string of the molecule is CCNC(C)c1ccc(Sc2cccc(F)c2)cc1Br. The first-order chi connectivity index (χ1) is 9.60. The van der Waals surface area contributed by atoms with Gasteiger partial charge in [-0.1, -0.05) is 46.7 Å². The summed E-state index contributed by atoms with van der Waals surface area (Å²) in [6.07, 6.45) is 0. The Balaban J connectivity index is 2.17. The van der Waals surface area contributed by atoms with Crippen LogP contribution in [0.3, 0.4) is 0 Å². The Kier molecular flexibility index (Phi) is 5.64. The normalized spacial score (nSPS) is 12.4. The van der Waals surface area contributed by atoms with Gasteiger partial charge in [0, 0.05) is 20.3 Å². The topological polar surface area (TPSA) is 12.0 Å². The molecule has 1 nitrogen and oxygen atoms in total. The van der Waals surface area contributed by atoms with Gasteiger partial charge in [0.2, 0.25) is 0 Å². The van der Waals surface area contributed by atoms with Crippen molar-refractivity contribution in [3.8, 4) is 0 Å². The zero-order valence-corrected chi connectivity index (χ0v) is 13.9. The molecular formula is C16H17BrFNS. The van der Waals surface area contributed by atoms with E-state index in [0.717, 1.165) is 20.8 Å². The van der Waals surface area contributed by atoms with Gasteiger partial charge < -0.3 is 5.32 Å². The molecule has 0 aliphatic heterocycles. The van der Waals surface area contributed by atoms with Gasteiger partial charge in [-0.3, -0.25) is 0 Å². The third-order valence-electron chi connectivity index (χ3n) is 2.98. The molecule has 2 rings (SSSR count). The second-order valence-corrected chi connectivity index (χ2v) is 6.52. The highest BCUT2D eigenvalue weighted by atomic mass is 79.9. The van der Waals surface area contributed by atoms with Crippen molar-refractivity contribution in [3.05, 3.63) is 58.3 Å². The van der Waals surface area contributed by atoms with Crippen LogP contribution in [0.5, 0.6) is 0 Å². The predicted octanol–water partition coefficient (Wildman–Crippen LogP) is 5.41. The molecule has 20 heavy (non-hydrogen) atoms. The first-order valence-corrected chi connectivity index (χ1v) is 8.17. The van der Waals surface area contributed by atoms with Crippen molar-refractivity contribution in [3.63, 3.8) is 0 Å². The van der Waals surface area contributed by atoms with Crippen LogP contribution in [0.2, 0.25) is 0 Å². The molecule has 0 fully saturated rings. The lowest BCUT2D eigenvalue weighted by atomic mass is 10.1. The summed E-state index contributed by atoms with van der Waals surface area (Å²) in [6.45, 7) is 5.18. The fourth-order valence-electron chi connectivity index (χ4n) is 2.01. The zero-order valence-electron chi connectivity index (χ0n) is 11.5. The van der Waals surface area contributed by atoms with Crippen LogP contribution in [0.4, 0.5) is 4.39 Å². The lowest BCUT2D eigenvalue weighted by Crippen LogP contribution is -2.17. The molecule has 0 aromatic heterocycles. The molecule has 0 amide bonds. The first-order valence-electron chi connectivity index (χ1n) is 6.56. The number of nitrogens with one attached hydrogen (secondary N) is 1. The molecule has 0 radical (unpaired) electrons. The molecule has 0 aliphatic rings. The summed E-state index contributed by atoms with van der Waals surface area (Å²) in [4.78, 5) is 2.00. The maximum atomic E-state index is 13.2. The number of halogens is 2. The Hall–Kier alpha value is -0.840. The third-order valence-corrected chi connectivity index (χ3v) is 4.65. The number of rotatable bonds is 5. The fraction of sp³-hybridized carbons (Fsp3) is 0.250. The zero-order chi connectivity index (χ0) is 14.5. The molecule has 0 saturated heterocycles. The molecule has 0 aliphatic carbocycles. The van der Waals surface area contributed by atoms with Crippen molar-refractivity contribution in [1.29, 1.82) is 0 Å². The largest absolute Gasteiger partial charge is 0.310 e. The van der Waals surface area contributed by atoms with Crippen molar-refractivity contribution in [1.82, 2.24) is 5.32 Å². The van der Waals surface area contributed by atoms with Crippen LogP contribution in [-0.2, 0) is 0 Å². The van der Waals surface area contributed by atoms with E-state index < -0.39 is 0 Å². The second-order valence-electron chi connectivity index (χ2n) is 4.52. The molecule has 0 spiro atoms. The van der Waals surface area contributed by atoms with Crippen molar-refractivity contribution in [2.24, 2.45) is 0 Å². The molecule has 4 heteroatoms. The number of benzene rings is 2. The predicted molar refractivity (Wildman–Crippen MR) is 86.8 cm³/mol. The maximum Gasteiger partial charge on any atom is 0.124 e. The Morgan fingerprint density at radius 1 is 1.20 bits per heavy atom. The van der Waals surface area contributed by atoms with Crippen molar-refractivity contribution >= 4 is 27.7 Å². The molecule has 1 atom stereocenters. The van der Waals surface area contributed by atoms with E-state index >= 15 is 0 Å². The Morgan fingerprint density at radius 3 is 2.60 bits per heavy atom. The van der Waals surface area contributed by atoms with E-state index in [1.54, 1.807) is 23.9 Å². The summed E-state index contributed by atoms with van der Waals surface area (Å²) in [5.74, 6) is -0.202. The first kappa shape index (κ1) is 15.5. The van der Waals surface area contributed by atoms with E-state index in [2.05, 4.69) is 53.3 Å². The Morgan fingerprint density at radius 2 is 1.95 bits per heavy atom. The average molecular weight is 354 g/mol. The van der Waals surface area contributed by atoms with Gasteiger partial charge >= 0.3 is 0 Å². The molecule has 106 valence electrons. The minimum atomic E-state index is -0.202. The molecule has 2 aromatic rings. The van der Waals surface area contributed by atoms with E-state index in [0.29, 0.717) is 6.04 Å². The van der Waals surface area contributed by atoms with Crippen molar-refractivity contribution in [2.75, 3.05) is 6.54 Å². The summed E-state index contributed by atoms with van der Waals surface area (Å²) in [7, 11) is 0. The Bertz CT molecular complexity index is 588. The molecule has 2 aromatic carbocycles. The fourth-order valence-corrected chi connectivity index (χ4v) is 3.78. The smallest absolute Gasteiger partial charge is 0.124 e. The van der Waals surface area contributed by atoms with Crippen LogP contribution in [0.25, 0.3) is 0 Å². The quantitative estimate of drug-likeness (QED) is 0.771. The summed E-state index contributed by atoms with van der Waals surface area (Å²) in [5.41, 5.74) is 1.23. The molecule has 1 unspecified atom stereocenters. The minimum absolute atomic E-state index is 0.202. The van der Waals surface area contributed by atoms with Crippen molar-refractivity contribution in [2.45, 2.75) is 29.7 Å². The van der Waals surface area contributed by atoms with Gasteiger partial charge in [-0.15, -0.1) is 0 Å². The van der Waals surface area contributed by atoms with Gasteiger partial charge in [-0.05, 0) is 49.4 Å². The van der Waals surface area contributed by atoms with Gasteiger partial charge in [0.05, 0.1) is 0 Å². The van der Waals surface area contributed by atoms with Gasteiger partial charge in [0.15, 0.2) is 0 Å². The van der Waals surface area contributed by atoms with E-state index in [1.807, 2.05) is 6.07 Å². The van der Waals surface area contributed by atoms with E-state index in [4.69, 9.17) is 0 Å². The summed E-state index contributed by atoms with van der Waals surface area (Å²) >= 11 is 5.18. The molecule has 0 bridgehead atoms. The summed E-state index contributed by atoms with van der Waals surface area (Å²) in [6, 6.07) is 13.2. The molecule has 0 heterocycles. The van der Waals surface area contributed by atoms with E-state index in [9.17, 15) is 4.39 Å². The second kappa shape index (κ2) is 7.25. The highest BCUT2D eigenvalue weighted by molar-refractivity contribution is 9.10. The van der Waals surface area contributed by atoms with Gasteiger partial charge in [0.1, 0.15) is 5.82 Å². The number of hydrogen-bond acceptors (Lipinski definition) is 2. The van der Waals surface area contributed by atoms with Crippen LogP contribution < -0.4 is 5.32 Å². The summed E-state index contributed by atoms with van der Waals surface area (Å²) in [5, 5.41) is 3.39. The summed E-state index contributed by atoms with van der Waals surface area (Å²) < 4.78 is 14.2. The van der Waals surface area contributed by atoms with Crippen LogP contribution in [0, 0.1) is 5.82 Å². The highest BCUT2D eigenvalue weighted by Crippen LogP contribution is 2.33. The van der Waals surface area contributed by atoms with Crippen LogP contribution in [-0.4, -0.2) is 6.54 Å². The van der Waals surface area contributed by atoms with Gasteiger partial charge in [-0.2, -0.15) is 0 Å². The molecule has 0 saturated carbocycles. The van der Waals surface area contributed by atoms with Gasteiger partial charge in [-0.25, -0.2) is 4.39 Å². The maximum absolute atomic E-state index is 13.2. The lowest BCUT2D eigenvalue weighted by Gasteiger charge is -2.15. The standard InChI is InChI=1S/C16H17BrFNS/c1-3-19-11(2)15-8-7-14(10-16(15)17)20-13-6-4-5-12(18)9-13/h4-11,19H,3H2,1-2H3. The van der Waals surface area contributed by atoms with Crippen LogP contribution in [0.15, 0.2) is 56.7 Å². The molecular weight excluding hydrogens is 337 g/mol. The lowest BCUT2D eigenvalue weighted by molar-refractivity contribution is 0.595. The Labute approximate surface area is 132 Å². The van der Waals surface area contributed by atoms with Gasteiger partial charge in [0.25, 0.3) is 0 Å². The highest BCUT2D eigenvalue weighted by Gasteiger charge is 2.09. The average Bonchev–Trinajstić information content (AvgIpc) is 2.39. The molecule has 1 N–H and O–H groups in total. The minimum Gasteiger partial charge on any atom is -0.310 e. The number of hydrogen-bond donors (Lipinski definition) is 1. The van der Waals surface area contributed by atoms with E-state index in [1.165, 1.54) is 11.6 Å². The third kappa shape index (κ3) is 4.08. The van der Waals surface area contributed by atoms with Crippen molar-refractivity contribution < 1.29 is 4.39 Å².